The van der Waals surface area contributed by atoms with Crippen LogP contribution in [0.1, 0.15) is 50.7 Å². The maximum absolute atomic E-state index is 14.2. The number of aromatic nitrogens is 2. The van der Waals surface area contributed by atoms with Crippen molar-refractivity contribution >= 4 is 40.6 Å². The quantitative estimate of drug-likeness (QED) is 0.347. The molecule has 1 saturated carbocycles. The van der Waals surface area contributed by atoms with Gasteiger partial charge >= 0.3 is 6.18 Å². The molecule has 0 radical (unpaired) electrons. The molecule has 8 rings (SSSR count). The number of thiophene rings is 1. The van der Waals surface area contributed by atoms with Crippen LogP contribution >= 0.6 is 23.1 Å². The van der Waals surface area contributed by atoms with Gasteiger partial charge in [0.2, 0.25) is 5.95 Å². The molecule has 1 aliphatic carbocycles. The monoisotopic (exact) mass is 643 g/mol. The van der Waals surface area contributed by atoms with Crippen molar-refractivity contribution in [2.75, 3.05) is 57.1 Å². The number of alkyl halides is 3. The van der Waals surface area contributed by atoms with Gasteiger partial charge in [-0.25, -0.2) is 9.97 Å². The lowest BCUT2D eigenvalue weighted by Crippen LogP contribution is -2.52. The molecule has 2 aromatic heterocycles. The van der Waals surface area contributed by atoms with E-state index in [0.29, 0.717) is 52.0 Å². The Morgan fingerprint density at radius 2 is 1.86 bits per heavy atom. The summed E-state index contributed by atoms with van der Waals surface area (Å²) in [5, 5.41) is 3.30. The molecule has 8 nitrogen and oxygen atoms in total. The Hall–Kier alpha value is -2.71. The Bertz CT molecular complexity index is 1600. The second-order valence-electron chi connectivity index (χ2n) is 12.3. The Morgan fingerprint density at radius 1 is 1.05 bits per heavy atom. The molecule has 2 saturated heterocycles. The van der Waals surface area contributed by atoms with E-state index in [-0.39, 0.29) is 23.6 Å². The van der Waals surface area contributed by atoms with Crippen molar-refractivity contribution in [1.82, 2.24) is 19.8 Å². The highest BCUT2D eigenvalue weighted by Gasteiger charge is 2.39. The minimum absolute atomic E-state index is 0.0119. The molecular weight excluding hydrogens is 612 g/mol. The summed E-state index contributed by atoms with van der Waals surface area (Å²) in [6.45, 7) is 6.16. The summed E-state index contributed by atoms with van der Waals surface area (Å²) in [7, 11) is 0. The molecule has 13 heteroatoms. The van der Waals surface area contributed by atoms with E-state index in [1.165, 1.54) is 28.5 Å². The van der Waals surface area contributed by atoms with Crippen LogP contribution in [0.5, 0.6) is 0 Å². The van der Waals surface area contributed by atoms with E-state index in [9.17, 15) is 18.0 Å². The van der Waals surface area contributed by atoms with E-state index < -0.39 is 11.7 Å². The number of thioether (sulfide) groups is 1. The molecule has 6 heterocycles. The number of rotatable bonds is 7. The van der Waals surface area contributed by atoms with Crippen molar-refractivity contribution in [3.8, 4) is 10.6 Å². The highest BCUT2D eigenvalue weighted by atomic mass is 32.2. The van der Waals surface area contributed by atoms with Crippen molar-refractivity contribution in [2.24, 2.45) is 5.92 Å². The molecule has 0 unspecified atom stereocenters. The molecule has 3 aromatic rings. The summed E-state index contributed by atoms with van der Waals surface area (Å²) in [6.07, 6.45) is -0.694. The topological polar surface area (TPSA) is 79.8 Å². The molecule has 232 valence electrons. The highest BCUT2D eigenvalue weighted by Crippen LogP contribution is 2.47. The van der Waals surface area contributed by atoms with Gasteiger partial charge in [0.25, 0.3) is 5.91 Å². The first-order valence-electron chi connectivity index (χ1n) is 15.1. The first-order chi connectivity index (χ1) is 21.3. The van der Waals surface area contributed by atoms with Gasteiger partial charge in [-0.1, -0.05) is 6.07 Å². The van der Waals surface area contributed by atoms with Gasteiger partial charge in [0, 0.05) is 54.6 Å². The van der Waals surface area contributed by atoms with E-state index in [1.807, 2.05) is 0 Å². The number of carbonyl (C=O) groups is 1. The van der Waals surface area contributed by atoms with E-state index in [4.69, 9.17) is 9.47 Å². The van der Waals surface area contributed by atoms with Crippen LogP contribution in [0.4, 0.5) is 24.8 Å². The van der Waals surface area contributed by atoms with Gasteiger partial charge < -0.3 is 19.7 Å². The van der Waals surface area contributed by atoms with Crippen LogP contribution in [-0.2, 0) is 28.6 Å². The van der Waals surface area contributed by atoms with Gasteiger partial charge in [0.15, 0.2) is 0 Å². The number of halogens is 3. The van der Waals surface area contributed by atoms with Crippen LogP contribution in [0.25, 0.3) is 10.6 Å². The van der Waals surface area contributed by atoms with E-state index in [0.717, 1.165) is 75.3 Å². The second-order valence-corrected chi connectivity index (χ2v) is 14.5. The largest absolute Gasteiger partial charge is 0.420 e. The van der Waals surface area contributed by atoms with Crippen molar-refractivity contribution in [3.05, 3.63) is 51.5 Å². The van der Waals surface area contributed by atoms with Crippen LogP contribution in [0, 0.1) is 5.92 Å². The molecule has 0 atom stereocenters. The fourth-order valence-electron chi connectivity index (χ4n) is 6.38. The lowest BCUT2D eigenvalue weighted by Gasteiger charge is -2.36. The van der Waals surface area contributed by atoms with Gasteiger partial charge in [0.05, 0.1) is 43.0 Å². The zero-order valence-electron chi connectivity index (χ0n) is 24.0. The molecule has 3 fully saturated rings. The third kappa shape index (κ3) is 5.51. The number of nitrogens with zero attached hydrogens (tertiary/aromatic N) is 4. The standard InChI is InChI=1S/C31H32F3N5O3S2/c32-31(33,34)23-10-35-30(37-27(23)25-9-26-28(44-25)29(40)39(5-6-43-26)21-15-42-16-21)36-24-8-19-3-4-38(11-17-13-41-14-17)12-20(19)7-22(24)18-1-2-18/h7-10,17-18,21H,1-6,11-16H2,(H,35,36,37). The predicted octanol–water partition coefficient (Wildman–Crippen LogP) is 5.80. The smallest absolute Gasteiger partial charge is 0.381 e. The van der Waals surface area contributed by atoms with Crippen molar-refractivity contribution < 1.29 is 27.4 Å². The molecule has 1 N–H and O–H groups in total. The molecule has 0 spiro atoms. The summed E-state index contributed by atoms with van der Waals surface area (Å²) < 4.78 is 53.4. The number of hydrogen-bond acceptors (Lipinski definition) is 9. The second kappa shape index (κ2) is 11.3. The number of nitrogens with one attached hydrogen (secondary N) is 1. The number of benzene rings is 1. The third-order valence-corrected chi connectivity index (χ3v) is 11.4. The van der Waals surface area contributed by atoms with Crippen molar-refractivity contribution in [1.29, 1.82) is 0 Å². The number of ether oxygens (including phenoxy) is 2. The van der Waals surface area contributed by atoms with Crippen molar-refractivity contribution in [2.45, 2.75) is 48.8 Å². The molecule has 44 heavy (non-hydrogen) atoms. The number of amides is 1. The van der Waals surface area contributed by atoms with Crippen LogP contribution < -0.4 is 5.32 Å². The zero-order valence-corrected chi connectivity index (χ0v) is 25.6. The first-order valence-corrected chi connectivity index (χ1v) is 16.9. The lowest BCUT2D eigenvalue weighted by molar-refractivity contribution is -0.137. The minimum Gasteiger partial charge on any atom is -0.381 e. The number of carbonyl (C=O) groups excluding carboxylic acids is 1. The van der Waals surface area contributed by atoms with Crippen LogP contribution in [-0.4, -0.2) is 83.5 Å². The fourth-order valence-corrected chi connectivity index (χ4v) is 8.70. The van der Waals surface area contributed by atoms with E-state index in [2.05, 4.69) is 32.3 Å². The summed E-state index contributed by atoms with van der Waals surface area (Å²) in [4.78, 5) is 27.8. The maximum Gasteiger partial charge on any atom is 0.420 e. The number of anilines is 2. The Morgan fingerprint density at radius 3 is 2.57 bits per heavy atom. The summed E-state index contributed by atoms with van der Waals surface area (Å²) in [5.41, 5.74) is 3.50. The molecule has 1 amide bonds. The zero-order chi connectivity index (χ0) is 30.0. The van der Waals surface area contributed by atoms with Gasteiger partial charge in [-0.15, -0.1) is 23.1 Å². The predicted molar refractivity (Wildman–Crippen MR) is 162 cm³/mol. The fraction of sp³-hybridized carbons (Fsp3) is 0.516. The minimum atomic E-state index is -4.65. The third-order valence-electron chi connectivity index (χ3n) is 9.08. The first kappa shape index (κ1) is 28.7. The Kier molecular flexibility index (Phi) is 7.36. The SMILES string of the molecule is O=C1c2sc(-c3nc(Nc4cc5c(cc4C4CC4)CN(CC4COC4)CC5)ncc3C(F)(F)F)cc2SCCN1C1COC1. The van der Waals surface area contributed by atoms with Crippen LogP contribution in [0.3, 0.4) is 0 Å². The molecule has 1 aromatic carbocycles. The maximum atomic E-state index is 14.2. The summed E-state index contributed by atoms with van der Waals surface area (Å²) in [5.74, 6) is 1.67. The number of fused-ring (bicyclic) bond motifs is 2. The Balaban J connectivity index is 1.11. The average molecular weight is 644 g/mol. The van der Waals surface area contributed by atoms with Crippen molar-refractivity contribution in [3.63, 3.8) is 0 Å². The number of hydrogen-bond donors (Lipinski definition) is 1. The van der Waals surface area contributed by atoms with E-state index in [1.54, 1.807) is 11.0 Å². The van der Waals surface area contributed by atoms with Gasteiger partial charge in [-0.05, 0) is 54.0 Å². The molecular formula is C31H32F3N5O3S2. The molecule has 4 aliphatic heterocycles. The molecule has 5 aliphatic rings. The van der Waals surface area contributed by atoms with Crippen LogP contribution in [0.2, 0.25) is 0 Å². The molecule has 0 bridgehead atoms. The van der Waals surface area contributed by atoms with Gasteiger partial charge in [-0.3, -0.25) is 9.69 Å². The van der Waals surface area contributed by atoms with Gasteiger partial charge in [0.1, 0.15) is 10.4 Å². The van der Waals surface area contributed by atoms with Crippen LogP contribution in [0.15, 0.2) is 29.3 Å². The van der Waals surface area contributed by atoms with E-state index >= 15 is 0 Å². The summed E-state index contributed by atoms with van der Waals surface area (Å²) in [6, 6.07) is 6.12. The Labute approximate surface area is 261 Å². The highest BCUT2D eigenvalue weighted by molar-refractivity contribution is 7.99. The van der Waals surface area contributed by atoms with Gasteiger partial charge in [-0.2, -0.15) is 13.2 Å². The average Bonchev–Trinajstić information content (AvgIpc) is 3.73. The summed E-state index contributed by atoms with van der Waals surface area (Å²) >= 11 is 2.57. The lowest BCUT2D eigenvalue weighted by atomic mass is 9.93. The normalized spacial score (nSPS) is 21.3.